The molecule has 0 bridgehead atoms. The van der Waals surface area contributed by atoms with Crippen LogP contribution in [0, 0.1) is 10.8 Å². The van der Waals surface area contributed by atoms with Crippen molar-refractivity contribution >= 4 is 31.4 Å². The third-order valence-electron chi connectivity index (χ3n) is 17.0. The zero-order valence-electron chi connectivity index (χ0n) is 56.7. The number of ether oxygens (including phenoxy) is 4. The Morgan fingerprint density at radius 3 is 1.19 bits per heavy atom. The first-order valence-electron chi connectivity index (χ1n) is 35.5. The van der Waals surface area contributed by atoms with Crippen LogP contribution in [0.4, 0.5) is 0 Å². The molecule has 498 valence electrons. The minimum Gasteiger partial charge on any atom is -0.469 e. The number of methoxy groups -OCH3 is 2. The van der Waals surface area contributed by atoms with Crippen LogP contribution >= 0.6 is 19.4 Å². The molecule has 2 rings (SSSR count). The Hall–Kier alpha value is -2.46. The second-order valence-electron chi connectivity index (χ2n) is 26.5. The molecule has 0 saturated carbocycles. The molecule has 0 aromatic heterocycles. The van der Waals surface area contributed by atoms with Gasteiger partial charge < -0.3 is 23.5 Å². The number of hydrogen-bond donors (Lipinski definition) is 0. The molecule has 10 nitrogen and oxygen atoms in total. The lowest BCUT2D eigenvalue weighted by Gasteiger charge is -2.24. The molecule has 0 heterocycles. The van der Waals surface area contributed by atoms with Crippen molar-refractivity contribution in [2.75, 3.05) is 47.3 Å². The van der Waals surface area contributed by atoms with E-state index in [0.717, 1.165) is 94.6 Å². The average Bonchev–Trinajstić information content (AvgIpc) is 3.50. The zero-order chi connectivity index (χ0) is 62.7. The Labute approximate surface area is 533 Å². The second kappa shape index (κ2) is 52.2. The molecule has 0 N–H and O–H groups in total. The standard InChI is InChI=1S/C74H130ClO10P/c1-9-11-13-15-17-19-21-23-25-27-29-31-35-39-43-49-55-81-63-68(82-56-50-44-40-36-32-30-28-26-24-22-20-18-16-14-12-10-2)64-84-86(78,85-70-54-48-47-53-69(70)75)83-57-51-45-41-37-33-34-38-42-46-52-65-58-66(61-73(3,4)71(76)79-7)60-67(59-65)62-74(5,6)72(77)80-8/h47-48,53-54,58-60,68H,9-46,49-52,55-57,61-64H2,1-8H3. The Balaban J connectivity index is 1.83. The summed E-state index contributed by atoms with van der Waals surface area (Å²) in [6, 6.07) is 13.6. The van der Waals surface area contributed by atoms with E-state index in [0.29, 0.717) is 37.7 Å². The summed E-state index contributed by atoms with van der Waals surface area (Å²) in [5, 5.41) is 0.342. The van der Waals surface area contributed by atoms with Gasteiger partial charge in [0.05, 0.1) is 49.9 Å². The summed E-state index contributed by atoms with van der Waals surface area (Å²) in [5.74, 6) is -0.208. The van der Waals surface area contributed by atoms with Crippen molar-refractivity contribution < 1.29 is 46.7 Å². The number of carbonyl (C=O) groups is 2. The first-order valence-corrected chi connectivity index (χ1v) is 37.3. The number of esters is 2. The number of carbonyl (C=O) groups excluding carboxylic acids is 2. The molecule has 12 heteroatoms. The largest absolute Gasteiger partial charge is 0.530 e. The fraction of sp³-hybridized carbons (Fsp3) is 0.811. The van der Waals surface area contributed by atoms with E-state index in [9.17, 15) is 14.2 Å². The molecule has 0 fully saturated rings. The van der Waals surface area contributed by atoms with Crippen LogP contribution in [-0.4, -0.2) is 65.3 Å². The van der Waals surface area contributed by atoms with E-state index in [-0.39, 0.29) is 30.9 Å². The van der Waals surface area contributed by atoms with Gasteiger partial charge >= 0.3 is 19.8 Å². The van der Waals surface area contributed by atoms with Crippen molar-refractivity contribution in [1.29, 1.82) is 0 Å². The van der Waals surface area contributed by atoms with Crippen LogP contribution in [0.15, 0.2) is 42.5 Å². The lowest BCUT2D eigenvalue weighted by Crippen LogP contribution is -2.29. The van der Waals surface area contributed by atoms with Gasteiger partial charge in [0, 0.05) is 13.2 Å². The van der Waals surface area contributed by atoms with Crippen LogP contribution in [0.25, 0.3) is 0 Å². The van der Waals surface area contributed by atoms with Crippen LogP contribution in [0.3, 0.4) is 0 Å². The monoisotopic (exact) mass is 1240 g/mol. The van der Waals surface area contributed by atoms with Gasteiger partial charge in [-0.1, -0.05) is 293 Å². The Morgan fingerprint density at radius 1 is 0.442 bits per heavy atom. The topological polar surface area (TPSA) is 116 Å². The van der Waals surface area contributed by atoms with Crippen LogP contribution in [0.1, 0.15) is 321 Å². The van der Waals surface area contributed by atoms with Gasteiger partial charge in [0.1, 0.15) is 11.9 Å². The van der Waals surface area contributed by atoms with Crippen molar-refractivity contribution in [3.8, 4) is 5.75 Å². The first kappa shape index (κ1) is 79.6. The van der Waals surface area contributed by atoms with E-state index < -0.39 is 24.8 Å². The van der Waals surface area contributed by atoms with Crippen molar-refractivity contribution in [1.82, 2.24) is 0 Å². The minimum absolute atomic E-state index is 0.0255. The molecule has 0 amide bonds. The number of phosphoric acid groups is 1. The predicted octanol–water partition coefficient (Wildman–Crippen LogP) is 23.0. The summed E-state index contributed by atoms with van der Waals surface area (Å²) < 4.78 is 55.4. The van der Waals surface area contributed by atoms with Crippen molar-refractivity contribution in [3.63, 3.8) is 0 Å². The van der Waals surface area contributed by atoms with Gasteiger partial charge in [0.15, 0.2) is 0 Å². The van der Waals surface area contributed by atoms with Gasteiger partial charge in [-0.25, -0.2) is 4.57 Å². The van der Waals surface area contributed by atoms with Crippen LogP contribution in [0.5, 0.6) is 5.75 Å². The molecule has 2 unspecified atom stereocenters. The number of para-hydroxylation sites is 1. The zero-order valence-corrected chi connectivity index (χ0v) is 58.3. The predicted molar refractivity (Wildman–Crippen MR) is 362 cm³/mol. The van der Waals surface area contributed by atoms with Gasteiger partial charge in [-0.15, -0.1) is 0 Å². The van der Waals surface area contributed by atoms with E-state index in [1.165, 1.54) is 206 Å². The summed E-state index contributed by atoms with van der Waals surface area (Å²) >= 11 is 6.51. The molecular weight excluding hydrogens is 1120 g/mol. The van der Waals surface area contributed by atoms with E-state index in [1.54, 1.807) is 18.2 Å². The molecule has 86 heavy (non-hydrogen) atoms. The summed E-state index contributed by atoms with van der Waals surface area (Å²) in [6.45, 7) is 14.1. The summed E-state index contributed by atoms with van der Waals surface area (Å²) in [7, 11) is -1.20. The summed E-state index contributed by atoms with van der Waals surface area (Å²) in [6.07, 6.45) is 53.7. The van der Waals surface area contributed by atoms with Crippen LogP contribution < -0.4 is 4.52 Å². The van der Waals surface area contributed by atoms with E-state index in [4.69, 9.17) is 44.1 Å². The fourth-order valence-electron chi connectivity index (χ4n) is 11.7. The minimum atomic E-state index is -4.07. The lowest BCUT2D eigenvalue weighted by atomic mass is 9.81. The smallest absolute Gasteiger partial charge is 0.469 e. The molecule has 0 spiro atoms. The molecule has 0 aliphatic heterocycles. The Bertz CT molecular complexity index is 1940. The third kappa shape index (κ3) is 41.8. The molecule has 0 radical (unpaired) electrons. The molecule has 0 aliphatic rings. The highest BCUT2D eigenvalue weighted by Crippen LogP contribution is 2.51. The maximum atomic E-state index is 14.4. The number of benzene rings is 2. The number of hydrogen-bond acceptors (Lipinski definition) is 10. The summed E-state index contributed by atoms with van der Waals surface area (Å²) in [4.78, 5) is 25.1. The van der Waals surface area contributed by atoms with Gasteiger partial charge in [0.25, 0.3) is 0 Å². The maximum Gasteiger partial charge on any atom is 0.530 e. The Morgan fingerprint density at radius 2 is 0.791 bits per heavy atom. The highest BCUT2D eigenvalue weighted by Gasteiger charge is 2.33. The number of halogens is 1. The van der Waals surface area contributed by atoms with E-state index >= 15 is 0 Å². The van der Waals surface area contributed by atoms with Gasteiger partial charge in [0.2, 0.25) is 0 Å². The maximum absolute atomic E-state index is 14.4. The average molecular weight is 1250 g/mol. The highest BCUT2D eigenvalue weighted by molar-refractivity contribution is 7.48. The number of rotatable bonds is 61. The van der Waals surface area contributed by atoms with Gasteiger partial charge in [-0.05, 0) is 101 Å². The molecule has 0 saturated heterocycles. The molecule has 2 atom stereocenters. The van der Waals surface area contributed by atoms with Crippen molar-refractivity contribution in [2.45, 2.75) is 330 Å². The van der Waals surface area contributed by atoms with Crippen LogP contribution in [0.2, 0.25) is 5.02 Å². The van der Waals surface area contributed by atoms with Crippen LogP contribution in [-0.2, 0) is 61.4 Å². The fourth-order valence-corrected chi connectivity index (χ4v) is 13.2. The lowest BCUT2D eigenvalue weighted by molar-refractivity contribution is -0.151. The highest BCUT2D eigenvalue weighted by atomic mass is 35.5. The quantitative estimate of drug-likeness (QED) is 0.0360. The van der Waals surface area contributed by atoms with Crippen molar-refractivity contribution in [3.05, 3.63) is 64.2 Å². The summed E-state index contributed by atoms with van der Waals surface area (Å²) in [5.41, 5.74) is 2.05. The number of aryl methyl sites for hydroxylation is 1. The molecular formula is C74H130ClO10P. The Kier molecular flexibility index (Phi) is 48.3. The number of unbranched alkanes of at least 4 members (excludes halogenated alkanes) is 38. The van der Waals surface area contributed by atoms with Gasteiger partial charge in [-0.3, -0.25) is 18.6 Å². The van der Waals surface area contributed by atoms with E-state index in [2.05, 4.69) is 32.0 Å². The molecule has 2 aromatic carbocycles. The third-order valence-corrected chi connectivity index (χ3v) is 18.7. The normalized spacial score (nSPS) is 13.0. The first-order chi connectivity index (χ1) is 41.7. The molecule has 0 aliphatic carbocycles. The van der Waals surface area contributed by atoms with Gasteiger partial charge in [-0.2, -0.15) is 0 Å². The van der Waals surface area contributed by atoms with E-state index in [1.807, 2.05) is 33.8 Å². The van der Waals surface area contributed by atoms with Crippen molar-refractivity contribution in [2.24, 2.45) is 10.8 Å². The molecule has 2 aromatic rings. The second-order valence-corrected chi connectivity index (χ2v) is 28.5. The SMILES string of the molecule is CCCCCCCCCCCCCCCCCCOCC(COP(=O)(OCCCCCCCCCCCc1cc(CC(C)(C)C(=O)OC)cc(CC(C)(C)C(=O)OC)c1)Oc1ccccc1Cl)OCCCCCCCCCCCCCCCCCC. The number of phosphoric ester groups is 1.